The number of carbonyl (C=O) groups is 1. The van der Waals surface area contributed by atoms with Crippen LogP contribution < -0.4 is 0 Å². The summed E-state index contributed by atoms with van der Waals surface area (Å²) in [6, 6.07) is 2.91. The number of methoxy groups -OCH3 is 1. The fourth-order valence-corrected chi connectivity index (χ4v) is 1.31. The Morgan fingerprint density at radius 2 is 2.29 bits per heavy atom. The van der Waals surface area contributed by atoms with Crippen LogP contribution in [0.1, 0.15) is 5.56 Å². The van der Waals surface area contributed by atoms with E-state index in [0.717, 1.165) is 25.3 Å². The van der Waals surface area contributed by atoms with Crippen LogP contribution in [0.3, 0.4) is 0 Å². The van der Waals surface area contributed by atoms with E-state index in [0.29, 0.717) is 0 Å². The topological polar surface area (TPSA) is 89.7 Å². The molecular weight excluding hydrogens is 233 g/mol. The summed E-state index contributed by atoms with van der Waals surface area (Å²) in [4.78, 5) is 20.8. The van der Waals surface area contributed by atoms with Crippen molar-refractivity contribution < 1.29 is 24.0 Å². The molecular formula is C10H10FNO5. The van der Waals surface area contributed by atoms with E-state index >= 15 is 0 Å². The number of carbonyl (C=O) groups excluding carboxylic acids is 1. The van der Waals surface area contributed by atoms with Crippen molar-refractivity contribution in [3.05, 3.63) is 39.7 Å². The van der Waals surface area contributed by atoms with Gasteiger partial charge in [0.1, 0.15) is 5.82 Å². The zero-order valence-electron chi connectivity index (χ0n) is 8.92. The fraction of sp³-hybridized carbons (Fsp3) is 0.300. The third-order valence-corrected chi connectivity index (χ3v) is 2.13. The van der Waals surface area contributed by atoms with E-state index in [1.807, 2.05) is 0 Å². The number of nitrogens with zero attached hydrogens (tertiary/aromatic N) is 1. The predicted octanol–water partition coefficient (Wildman–Crippen LogP) is 0.810. The summed E-state index contributed by atoms with van der Waals surface area (Å²) >= 11 is 0. The first-order valence-electron chi connectivity index (χ1n) is 4.64. The Bertz CT molecular complexity index is 448. The molecule has 0 saturated carbocycles. The molecule has 0 amide bonds. The molecule has 0 aromatic heterocycles. The normalized spacial score (nSPS) is 11.9. The van der Waals surface area contributed by atoms with Gasteiger partial charge >= 0.3 is 5.97 Å². The summed E-state index contributed by atoms with van der Waals surface area (Å²) in [5, 5.41) is 20.0. The van der Waals surface area contributed by atoms with Crippen molar-refractivity contribution in [2.24, 2.45) is 0 Å². The SMILES string of the molecule is COC(=O)C(O)Cc1ccc(F)cc1[N+](=O)[O-]. The zero-order chi connectivity index (χ0) is 13.0. The standard InChI is InChI=1S/C10H10FNO5/c1-17-10(14)9(13)4-6-2-3-7(11)5-8(6)12(15)16/h2-3,5,9,13H,4H2,1H3. The van der Waals surface area contributed by atoms with Gasteiger partial charge in [-0.1, -0.05) is 0 Å². The van der Waals surface area contributed by atoms with Crippen LogP contribution in [-0.4, -0.2) is 29.2 Å². The van der Waals surface area contributed by atoms with Gasteiger partial charge in [-0.3, -0.25) is 10.1 Å². The Morgan fingerprint density at radius 3 is 2.82 bits per heavy atom. The molecule has 0 aliphatic heterocycles. The number of nitro groups is 1. The number of esters is 1. The van der Waals surface area contributed by atoms with Crippen LogP contribution in [0.25, 0.3) is 0 Å². The number of hydrogen-bond acceptors (Lipinski definition) is 5. The molecule has 92 valence electrons. The highest BCUT2D eigenvalue weighted by molar-refractivity contribution is 5.74. The van der Waals surface area contributed by atoms with Crippen molar-refractivity contribution >= 4 is 11.7 Å². The van der Waals surface area contributed by atoms with Crippen LogP contribution in [0.2, 0.25) is 0 Å². The second kappa shape index (κ2) is 5.35. The van der Waals surface area contributed by atoms with Crippen LogP contribution >= 0.6 is 0 Å². The molecule has 1 aromatic carbocycles. The summed E-state index contributed by atoms with van der Waals surface area (Å²) in [6.07, 6.45) is -1.81. The molecule has 1 N–H and O–H groups in total. The molecule has 17 heavy (non-hydrogen) atoms. The minimum Gasteiger partial charge on any atom is -0.467 e. The Balaban J connectivity index is 2.98. The highest BCUT2D eigenvalue weighted by Crippen LogP contribution is 2.21. The largest absolute Gasteiger partial charge is 0.467 e. The lowest BCUT2D eigenvalue weighted by molar-refractivity contribution is -0.385. The van der Waals surface area contributed by atoms with Gasteiger partial charge < -0.3 is 9.84 Å². The number of ether oxygens (including phenoxy) is 1. The second-order valence-electron chi connectivity index (χ2n) is 3.27. The molecule has 0 radical (unpaired) electrons. The monoisotopic (exact) mass is 243 g/mol. The van der Waals surface area contributed by atoms with Crippen LogP contribution in [0.15, 0.2) is 18.2 Å². The van der Waals surface area contributed by atoms with Gasteiger partial charge in [0.2, 0.25) is 0 Å². The fourth-order valence-electron chi connectivity index (χ4n) is 1.31. The number of halogens is 1. The van der Waals surface area contributed by atoms with Crippen molar-refractivity contribution in [1.82, 2.24) is 0 Å². The first kappa shape index (κ1) is 13.0. The van der Waals surface area contributed by atoms with Crippen molar-refractivity contribution in [2.45, 2.75) is 12.5 Å². The van der Waals surface area contributed by atoms with Crippen LogP contribution in [0.5, 0.6) is 0 Å². The van der Waals surface area contributed by atoms with Gasteiger partial charge in [0.25, 0.3) is 5.69 Å². The Hall–Kier alpha value is -2.02. The van der Waals surface area contributed by atoms with Crippen molar-refractivity contribution in [2.75, 3.05) is 7.11 Å². The van der Waals surface area contributed by atoms with Gasteiger partial charge in [0.15, 0.2) is 6.10 Å². The van der Waals surface area contributed by atoms with Crippen molar-refractivity contribution in [3.63, 3.8) is 0 Å². The summed E-state index contributed by atoms with van der Waals surface area (Å²) in [5.74, 6) is -1.66. The third-order valence-electron chi connectivity index (χ3n) is 2.13. The Labute approximate surface area is 95.8 Å². The van der Waals surface area contributed by atoms with Gasteiger partial charge in [-0.25, -0.2) is 9.18 Å². The summed E-state index contributed by atoms with van der Waals surface area (Å²) in [6.45, 7) is 0. The lowest BCUT2D eigenvalue weighted by atomic mass is 10.1. The zero-order valence-corrected chi connectivity index (χ0v) is 8.92. The quantitative estimate of drug-likeness (QED) is 0.480. The third kappa shape index (κ3) is 3.22. The molecule has 6 nitrogen and oxygen atoms in total. The van der Waals surface area contributed by atoms with Crippen LogP contribution in [-0.2, 0) is 16.0 Å². The molecule has 1 rings (SSSR count). The number of rotatable bonds is 4. The molecule has 7 heteroatoms. The number of benzene rings is 1. The minimum atomic E-state index is -1.51. The maximum Gasteiger partial charge on any atom is 0.335 e. The van der Waals surface area contributed by atoms with E-state index < -0.39 is 28.5 Å². The van der Waals surface area contributed by atoms with Gasteiger partial charge in [0.05, 0.1) is 18.1 Å². The second-order valence-corrected chi connectivity index (χ2v) is 3.27. The first-order chi connectivity index (χ1) is 7.95. The Morgan fingerprint density at radius 1 is 1.65 bits per heavy atom. The molecule has 1 atom stereocenters. The molecule has 0 saturated heterocycles. The van der Waals surface area contributed by atoms with Crippen LogP contribution in [0.4, 0.5) is 10.1 Å². The van der Waals surface area contributed by atoms with Gasteiger partial charge in [-0.15, -0.1) is 0 Å². The maximum atomic E-state index is 12.8. The highest BCUT2D eigenvalue weighted by Gasteiger charge is 2.22. The van der Waals surface area contributed by atoms with E-state index in [1.54, 1.807) is 0 Å². The lowest BCUT2D eigenvalue weighted by Gasteiger charge is -2.08. The molecule has 0 aliphatic carbocycles. The van der Waals surface area contributed by atoms with Gasteiger partial charge in [-0.2, -0.15) is 0 Å². The smallest absolute Gasteiger partial charge is 0.335 e. The minimum absolute atomic E-state index is 0.0642. The molecule has 0 fully saturated rings. The van der Waals surface area contributed by atoms with Crippen molar-refractivity contribution in [3.8, 4) is 0 Å². The summed E-state index contributed by atoms with van der Waals surface area (Å²) in [5.41, 5.74) is -0.415. The molecule has 1 unspecified atom stereocenters. The van der Waals surface area contributed by atoms with Crippen LogP contribution in [0, 0.1) is 15.9 Å². The van der Waals surface area contributed by atoms with E-state index in [1.165, 1.54) is 0 Å². The summed E-state index contributed by atoms with van der Waals surface area (Å²) in [7, 11) is 1.09. The molecule has 1 aromatic rings. The van der Waals surface area contributed by atoms with Crippen molar-refractivity contribution in [1.29, 1.82) is 0 Å². The van der Waals surface area contributed by atoms with Gasteiger partial charge in [-0.05, 0) is 12.1 Å². The van der Waals surface area contributed by atoms with E-state index in [4.69, 9.17) is 0 Å². The predicted molar refractivity (Wildman–Crippen MR) is 54.8 cm³/mol. The van der Waals surface area contributed by atoms with E-state index in [2.05, 4.69) is 4.74 Å². The maximum absolute atomic E-state index is 12.8. The average molecular weight is 243 g/mol. The van der Waals surface area contributed by atoms with E-state index in [9.17, 15) is 24.4 Å². The molecule has 0 spiro atoms. The Kier molecular flexibility index (Phi) is 4.11. The number of nitro benzene ring substituents is 1. The average Bonchev–Trinajstić information content (AvgIpc) is 2.29. The molecule has 0 heterocycles. The number of aliphatic hydroxyl groups excluding tert-OH is 1. The number of aliphatic hydroxyl groups is 1. The first-order valence-corrected chi connectivity index (χ1v) is 4.64. The number of hydrogen-bond donors (Lipinski definition) is 1. The van der Waals surface area contributed by atoms with Gasteiger partial charge in [0, 0.05) is 12.0 Å². The summed E-state index contributed by atoms with van der Waals surface area (Å²) < 4.78 is 17.1. The molecule has 0 bridgehead atoms. The highest BCUT2D eigenvalue weighted by atomic mass is 19.1. The molecule has 0 aliphatic rings. The lowest BCUT2D eigenvalue weighted by Crippen LogP contribution is -2.24. The van der Waals surface area contributed by atoms with E-state index in [-0.39, 0.29) is 12.0 Å².